The van der Waals surface area contributed by atoms with Crippen molar-refractivity contribution in [1.82, 2.24) is 9.55 Å². The lowest BCUT2D eigenvalue weighted by Gasteiger charge is -2.11. The molecule has 2 aromatic carbocycles. The Morgan fingerprint density at radius 1 is 1.20 bits per heavy atom. The predicted molar refractivity (Wildman–Crippen MR) is 138 cm³/mol. The van der Waals surface area contributed by atoms with E-state index in [1.807, 2.05) is 24.3 Å². The number of pyridine rings is 1. The van der Waals surface area contributed by atoms with Crippen molar-refractivity contribution in [3.63, 3.8) is 0 Å². The highest BCUT2D eigenvalue weighted by Crippen LogP contribution is 2.40. The summed E-state index contributed by atoms with van der Waals surface area (Å²) >= 11 is 0. The third-order valence-corrected chi connectivity index (χ3v) is 6.18. The van der Waals surface area contributed by atoms with Crippen molar-refractivity contribution in [3.05, 3.63) is 100 Å². The van der Waals surface area contributed by atoms with E-state index in [2.05, 4.69) is 62.6 Å². The number of anilines is 2. The Bertz CT molecular complexity index is 1420. The van der Waals surface area contributed by atoms with E-state index < -0.39 is 5.91 Å². The minimum atomic E-state index is -0.811. The van der Waals surface area contributed by atoms with Crippen LogP contribution in [-0.4, -0.2) is 29.2 Å². The van der Waals surface area contributed by atoms with Gasteiger partial charge < -0.3 is 14.6 Å². The van der Waals surface area contributed by atoms with Crippen LogP contribution in [0.5, 0.6) is 0 Å². The molecule has 0 saturated heterocycles. The first kappa shape index (κ1) is 22.7. The van der Waals surface area contributed by atoms with Gasteiger partial charge in [0, 0.05) is 47.8 Å². The van der Waals surface area contributed by atoms with Crippen molar-refractivity contribution in [1.29, 1.82) is 0 Å². The van der Waals surface area contributed by atoms with Gasteiger partial charge in [-0.15, -0.1) is 4.91 Å². The molecule has 176 valence electrons. The van der Waals surface area contributed by atoms with E-state index >= 15 is 0 Å². The molecular weight excluding hydrogens is 440 g/mol. The zero-order valence-electron chi connectivity index (χ0n) is 19.5. The topological polar surface area (TPSA) is 85.6 Å². The van der Waals surface area contributed by atoms with Crippen LogP contribution in [-0.2, 0) is 11.3 Å². The number of nitrogens with one attached hydrogen (secondary N) is 1. The van der Waals surface area contributed by atoms with Gasteiger partial charge in [-0.2, -0.15) is 0 Å². The van der Waals surface area contributed by atoms with Gasteiger partial charge in [0.2, 0.25) is 0 Å². The van der Waals surface area contributed by atoms with Crippen LogP contribution < -0.4 is 5.32 Å². The fourth-order valence-corrected chi connectivity index (χ4v) is 4.26. The highest BCUT2D eigenvalue weighted by Gasteiger charge is 2.26. The molecule has 1 saturated carbocycles. The Morgan fingerprint density at radius 2 is 2.09 bits per heavy atom. The Morgan fingerprint density at radius 3 is 2.89 bits per heavy atom. The number of fused-ring (bicyclic) bond motifs is 1. The molecule has 1 amide bonds. The Labute approximate surface area is 203 Å². The molecule has 7 nitrogen and oxygen atoms in total. The summed E-state index contributed by atoms with van der Waals surface area (Å²) in [4.78, 5) is 27.5. The number of ether oxygens (including phenoxy) is 1. The summed E-state index contributed by atoms with van der Waals surface area (Å²) in [5, 5.41) is 6.88. The van der Waals surface area contributed by atoms with Crippen LogP contribution in [0.2, 0.25) is 0 Å². The molecule has 0 radical (unpaired) electrons. The summed E-state index contributed by atoms with van der Waals surface area (Å²) in [5.74, 6) is -0.0434. The minimum absolute atomic E-state index is 0.210. The second-order valence-corrected chi connectivity index (χ2v) is 8.78. The molecule has 35 heavy (non-hydrogen) atoms. The first-order valence-corrected chi connectivity index (χ1v) is 11.6. The zero-order valence-corrected chi connectivity index (χ0v) is 19.5. The second kappa shape index (κ2) is 10.0. The second-order valence-electron chi connectivity index (χ2n) is 8.78. The maximum atomic E-state index is 12.1. The maximum absolute atomic E-state index is 12.1. The van der Waals surface area contributed by atoms with Gasteiger partial charge in [0.1, 0.15) is 5.82 Å². The molecule has 1 N–H and O–H groups in total. The molecule has 0 spiro atoms. The molecule has 0 atom stereocenters. The van der Waals surface area contributed by atoms with Gasteiger partial charge in [-0.05, 0) is 71.8 Å². The summed E-state index contributed by atoms with van der Waals surface area (Å²) < 4.78 is 7.28. The molecule has 5 rings (SSSR count). The highest BCUT2D eigenvalue weighted by atomic mass is 16.5. The lowest BCUT2D eigenvalue weighted by Crippen LogP contribution is -2.05. The summed E-state index contributed by atoms with van der Waals surface area (Å²) in [6.07, 6.45) is 10.1. The van der Waals surface area contributed by atoms with E-state index in [-0.39, 0.29) is 5.56 Å². The molecule has 2 aromatic heterocycles. The van der Waals surface area contributed by atoms with Crippen LogP contribution in [0, 0.1) is 4.91 Å². The normalized spacial score (nSPS) is 13.4. The SMILES string of the molecule is COC/C=C/c1cccc(Cn2ccc3cc(Nc4ncc(C5CC5)cc4C(=O)N=O)ccc32)c1. The number of hydrogen-bond acceptors (Lipinski definition) is 5. The number of amides is 1. The number of rotatable bonds is 9. The fourth-order valence-electron chi connectivity index (χ4n) is 4.26. The van der Waals surface area contributed by atoms with Crippen LogP contribution in [0.1, 0.15) is 45.8 Å². The van der Waals surface area contributed by atoms with Crippen molar-refractivity contribution in [2.75, 3.05) is 19.0 Å². The van der Waals surface area contributed by atoms with Crippen molar-refractivity contribution in [2.45, 2.75) is 25.3 Å². The van der Waals surface area contributed by atoms with E-state index in [9.17, 15) is 9.70 Å². The van der Waals surface area contributed by atoms with Crippen molar-refractivity contribution in [3.8, 4) is 0 Å². The van der Waals surface area contributed by atoms with Gasteiger partial charge in [-0.1, -0.05) is 30.4 Å². The van der Waals surface area contributed by atoms with Gasteiger partial charge in [-0.25, -0.2) is 4.98 Å². The van der Waals surface area contributed by atoms with Gasteiger partial charge in [0.05, 0.1) is 12.2 Å². The molecule has 7 heteroatoms. The number of carbonyl (C=O) groups is 1. The first-order valence-electron chi connectivity index (χ1n) is 11.6. The quantitative estimate of drug-likeness (QED) is 0.294. The molecule has 0 bridgehead atoms. The number of aromatic nitrogens is 2. The Kier molecular flexibility index (Phi) is 6.50. The van der Waals surface area contributed by atoms with Crippen LogP contribution in [0.25, 0.3) is 17.0 Å². The zero-order chi connectivity index (χ0) is 24.2. The van der Waals surface area contributed by atoms with Crippen LogP contribution in [0.4, 0.5) is 11.5 Å². The monoisotopic (exact) mass is 466 g/mol. The molecule has 0 aliphatic heterocycles. The molecule has 1 fully saturated rings. The van der Waals surface area contributed by atoms with Gasteiger partial charge in [0.25, 0.3) is 0 Å². The lowest BCUT2D eigenvalue weighted by atomic mass is 10.1. The van der Waals surface area contributed by atoms with E-state index in [0.717, 1.165) is 47.1 Å². The summed E-state index contributed by atoms with van der Waals surface area (Å²) in [5.41, 5.74) is 5.41. The largest absolute Gasteiger partial charge is 0.381 e. The number of methoxy groups -OCH3 is 1. The van der Waals surface area contributed by atoms with Gasteiger partial charge in [0.15, 0.2) is 0 Å². The number of carbonyl (C=O) groups excluding carboxylic acids is 1. The standard InChI is InChI=1S/C28H26N4O3/c1-35-13-3-6-19-4-2-5-20(14-19)18-32-12-11-22-15-24(9-10-26(22)32)30-27-25(28(33)31-34)16-23(17-29-27)21-7-8-21/h2-6,9-12,14-17,21H,7-8,13,18H2,1H3,(H,29,30)/b6-3+. The molecule has 2 heterocycles. The first-order chi connectivity index (χ1) is 17.1. The van der Waals surface area contributed by atoms with Gasteiger partial charge >= 0.3 is 5.91 Å². The number of hydrogen-bond donors (Lipinski definition) is 1. The average molecular weight is 467 g/mol. The van der Waals surface area contributed by atoms with Crippen molar-refractivity contribution < 1.29 is 9.53 Å². The molecule has 1 aliphatic rings. The summed E-state index contributed by atoms with van der Waals surface area (Å²) in [7, 11) is 1.68. The third-order valence-electron chi connectivity index (χ3n) is 6.18. The Balaban J connectivity index is 1.36. The Hall–Kier alpha value is -4.10. The smallest absolute Gasteiger partial charge is 0.320 e. The summed E-state index contributed by atoms with van der Waals surface area (Å²) in [6, 6.07) is 18.2. The molecule has 1 aliphatic carbocycles. The number of benzene rings is 2. The van der Waals surface area contributed by atoms with E-state index in [0.29, 0.717) is 18.3 Å². The molecule has 0 unspecified atom stereocenters. The van der Waals surface area contributed by atoms with Crippen LogP contribution in [0.3, 0.4) is 0 Å². The van der Waals surface area contributed by atoms with E-state index in [1.54, 1.807) is 19.4 Å². The fraction of sp³-hybridized carbons (Fsp3) is 0.214. The highest BCUT2D eigenvalue weighted by molar-refractivity contribution is 6.00. The number of nitroso groups, excluding NO2 is 1. The van der Waals surface area contributed by atoms with Crippen LogP contribution in [0.15, 0.2) is 78.2 Å². The van der Waals surface area contributed by atoms with Gasteiger partial charge in [-0.3, -0.25) is 4.79 Å². The average Bonchev–Trinajstić information content (AvgIpc) is 3.66. The lowest BCUT2D eigenvalue weighted by molar-refractivity contribution is 0.100. The molecular formula is C28H26N4O3. The van der Waals surface area contributed by atoms with Crippen molar-refractivity contribution >= 4 is 34.4 Å². The maximum Gasteiger partial charge on any atom is 0.320 e. The predicted octanol–water partition coefficient (Wildman–Crippen LogP) is 6.27. The summed E-state index contributed by atoms with van der Waals surface area (Å²) in [6.45, 7) is 1.33. The minimum Gasteiger partial charge on any atom is -0.381 e. The molecule has 4 aromatic rings. The third kappa shape index (κ3) is 5.20. The number of nitrogens with zero attached hydrogens (tertiary/aromatic N) is 3. The van der Waals surface area contributed by atoms with E-state index in [1.165, 1.54) is 5.56 Å². The van der Waals surface area contributed by atoms with E-state index in [4.69, 9.17) is 4.74 Å². The van der Waals surface area contributed by atoms with Crippen LogP contribution >= 0.6 is 0 Å². The van der Waals surface area contributed by atoms with Crippen molar-refractivity contribution in [2.24, 2.45) is 5.18 Å².